The molecule has 4 heterocycles. The predicted molar refractivity (Wildman–Crippen MR) is 134 cm³/mol. The van der Waals surface area contributed by atoms with E-state index in [-0.39, 0.29) is 11.8 Å². The molecule has 6 nitrogen and oxygen atoms in total. The molecular weight excluding hydrogens is 462 g/mol. The first-order valence-electron chi connectivity index (χ1n) is 13.5. The molecule has 2 fully saturated rings. The summed E-state index contributed by atoms with van der Waals surface area (Å²) in [6, 6.07) is 4.57. The number of aryl methyl sites for hydroxylation is 2. The third-order valence-electron chi connectivity index (χ3n) is 8.18. The summed E-state index contributed by atoms with van der Waals surface area (Å²) in [4.78, 5) is 23.1. The first kappa shape index (κ1) is 25.1. The number of nitrogens with zero attached hydrogens (tertiary/aromatic N) is 3. The maximum Gasteiger partial charge on any atom is 0.325 e. The van der Waals surface area contributed by atoms with Crippen LogP contribution in [0.5, 0.6) is 0 Å². The second-order valence-electron chi connectivity index (χ2n) is 10.6. The molecule has 2 aliphatic heterocycles. The number of pyridine rings is 2. The summed E-state index contributed by atoms with van der Waals surface area (Å²) < 4.78 is 29.2. The van der Waals surface area contributed by atoms with Gasteiger partial charge in [-0.15, -0.1) is 0 Å². The van der Waals surface area contributed by atoms with Crippen molar-refractivity contribution in [3.05, 3.63) is 52.7 Å². The fourth-order valence-electron chi connectivity index (χ4n) is 5.93. The van der Waals surface area contributed by atoms with Crippen LogP contribution in [0.2, 0.25) is 0 Å². The lowest BCUT2D eigenvalue weighted by molar-refractivity contribution is -0.143. The third-order valence-corrected chi connectivity index (χ3v) is 8.18. The summed E-state index contributed by atoms with van der Waals surface area (Å²) in [5.41, 5.74) is 3.45. The molecule has 1 aliphatic carbocycles. The number of nitrogens with one attached hydrogen (secondary N) is 1. The van der Waals surface area contributed by atoms with Gasteiger partial charge in [-0.25, -0.2) is 13.8 Å². The quantitative estimate of drug-likeness (QED) is 0.425. The Morgan fingerprint density at radius 2 is 2.08 bits per heavy atom. The van der Waals surface area contributed by atoms with Crippen molar-refractivity contribution in [2.24, 2.45) is 5.92 Å². The lowest BCUT2D eigenvalue weighted by Crippen LogP contribution is -2.35. The number of aliphatic carboxylic acids is 1. The van der Waals surface area contributed by atoms with Crippen LogP contribution in [0.4, 0.5) is 14.6 Å². The zero-order valence-corrected chi connectivity index (χ0v) is 20.8. The molecule has 3 atom stereocenters. The Kier molecular flexibility index (Phi) is 7.79. The highest BCUT2D eigenvalue weighted by molar-refractivity contribution is 5.76. The number of anilines is 1. The SMILES string of the molecule is O=C(O)[C@H](c1cc(F)cnc1C1CCC1)N1CC[C@@H]([C@@H](F)CCCCc2ccc3c(n2)NCCC3)C1. The van der Waals surface area contributed by atoms with E-state index < -0.39 is 24.0 Å². The van der Waals surface area contributed by atoms with Gasteiger partial charge in [-0.3, -0.25) is 14.7 Å². The fraction of sp³-hybridized carbons (Fsp3) is 0.607. The number of alkyl halides is 1. The molecule has 3 aliphatic rings. The molecule has 2 N–H and O–H groups in total. The molecule has 0 amide bonds. The molecule has 36 heavy (non-hydrogen) atoms. The smallest absolute Gasteiger partial charge is 0.325 e. The molecule has 194 valence electrons. The molecular formula is C28H36F2N4O2. The number of fused-ring (bicyclic) bond motifs is 1. The predicted octanol–water partition coefficient (Wildman–Crippen LogP) is 5.44. The van der Waals surface area contributed by atoms with Gasteiger partial charge in [-0.1, -0.05) is 18.9 Å². The summed E-state index contributed by atoms with van der Waals surface area (Å²) in [5.74, 6) is -0.564. The second kappa shape index (κ2) is 11.2. The number of carboxylic acids is 1. The van der Waals surface area contributed by atoms with E-state index in [0.29, 0.717) is 37.2 Å². The lowest BCUT2D eigenvalue weighted by atomic mass is 9.80. The van der Waals surface area contributed by atoms with Crippen molar-refractivity contribution >= 4 is 11.8 Å². The third kappa shape index (κ3) is 5.53. The van der Waals surface area contributed by atoms with Gasteiger partial charge in [0.05, 0.1) is 6.20 Å². The Bertz CT molecular complexity index is 1080. The van der Waals surface area contributed by atoms with Crippen molar-refractivity contribution < 1.29 is 18.7 Å². The van der Waals surface area contributed by atoms with Gasteiger partial charge in [0.1, 0.15) is 23.8 Å². The molecule has 0 radical (unpaired) electrons. The monoisotopic (exact) mass is 498 g/mol. The van der Waals surface area contributed by atoms with Gasteiger partial charge in [0, 0.05) is 41.9 Å². The first-order chi connectivity index (χ1) is 17.5. The Morgan fingerprint density at radius 3 is 2.86 bits per heavy atom. The summed E-state index contributed by atoms with van der Waals surface area (Å²) in [5, 5.41) is 13.4. The van der Waals surface area contributed by atoms with Crippen molar-refractivity contribution in [2.75, 3.05) is 25.0 Å². The first-order valence-corrected chi connectivity index (χ1v) is 13.5. The maximum atomic E-state index is 15.2. The second-order valence-corrected chi connectivity index (χ2v) is 10.6. The van der Waals surface area contributed by atoms with Crippen LogP contribution >= 0.6 is 0 Å². The molecule has 0 aromatic carbocycles. The Hall–Kier alpha value is -2.61. The number of hydrogen-bond acceptors (Lipinski definition) is 5. The van der Waals surface area contributed by atoms with E-state index in [1.54, 1.807) is 0 Å². The minimum Gasteiger partial charge on any atom is -0.480 e. The highest BCUT2D eigenvalue weighted by atomic mass is 19.1. The molecule has 5 rings (SSSR count). The van der Waals surface area contributed by atoms with E-state index in [4.69, 9.17) is 4.98 Å². The summed E-state index contributed by atoms with van der Waals surface area (Å²) in [6.45, 7) is 1.83. The van der Waals surface area contributed by atoms with Crippen LogP contribution in [0.1, 0.15) is 85.8 Å². The van der Waals surface area contributed by atoms with Crippen LogP contribution < -0.4 is 5.32 Å². The average molecular weight is 499 g/mol. The molecule has 0 unspecified atom stereocenters. The Balaban J connectivity index is 1.15. The molecule has 2 aromatic rings. The number of unbranched alkanes of at least 4 members (excludes halogenated alkanes) is 1. The van der Waals surface area contributed by atoms with Crippen molar-refractivity contribution in [1.29, 1.82) is 0 Å². The van der Waals surface area contributed by atoms with E-state index in [1.807, 2.05) is 4.90 Å². The Labute approximate surface area is 211 Å². The van der Waals surface area contributed by atoms with Crippen LogP contribution in [-0.2, 0) is 17.6 Å². The lowest BCUT2D eigenvalue weighted by Gasteiger charge is -2.31. The van der Waals surface area contributed by atoms with E-state index in [1.165, 1.54) is 17.8 Å². The average Bonchev–Trinajstić information content (AvgIpc) is 3.31. The normalized spacial score (nSPS) is 21.9. The number of aromatic nitrogens is 2. The van der Waals surface area contributed by atoms with Crippen molar-refractivity contribution in [3.8, 4) is 0 Å². The van der Waals surface area contributed by atoms with Crippen LogP contribution in [-0.4, -0.2) is 51.7 Å². The van der Waals surface area contributed by atoms with Gasteiger partial charge in [0.2, 0.25) is 0 Å². The topological polar surface area (TPSA) is 78.3 Å². The number of carbonyl (C=O) groups is 1. The molecule has 8 heteroatoms. The van der Waals surface area contributed by atoms with Crippen LogP contribution in [0.15, 0.2) is 24.4 Å². The summed E-state index contributed by atoms with van der Waals surface area (Å²) in [6.07, 6.45) is 8.94. The summed E-state index contributed by atoms with van der Waals surface area (Å²) >= 11 is 0. The van der Waals surface area contributed by atoms with Crippen LogP contribution in [0, 0.1) is 11.7 Å². The standard InChI is InChI=1S/C28H36F2N4O2/c29-21-15-23(25(32-16-21)18-5-3-6-18)26(28(35)36)34-14-12-20(17-34)24(30)9-2-1-8-22-11-10-19-7-4-13-31-27(19)33-22/h10-11,15-16,18,20,24,26H,1-9,12-14,17H2,(H,31,33)(H,35,36)/t20-,24+,26+/m1/s1. The molecule has 1 saturated heterocycles. The van der Waals surface area contributed by atoms with Gasteiger partial charge in [-0.2, -0.15) is 0 Å². The minimum absolute atomic E-state index is 0.190. The number of likely N-dealkylation sites (tertiary alicyclic amines) is 1. The number of rotatable bonds is 10. The van der Waals surface area contributed by atoms with E-state index in [9.17, 15) is 14.3 Å². The van der Waals surface area contributed by atoms with Gasteiger partial charge < -0.3 is 10.4 Å². The maximum absolute atomic E-state index is 15.2. The van der Waals surface area contributed by atoms with E-state index in [2.05, 4.69) is 22.4 Å². The highest BCUT2D eigenvalue weighted by Crippen LogP contribution is 2.41. The van der Waals surface area contributed by atoms with Gasteiger partial charge in [-0.05, 0) is 75.6 Å². The zero-order chi connectivity index (χ0) is 25.1. The zero-order valence-electron chi connectivity index (χ0n) is 20.8. The molecule has 1 saturated carbocycles. The molecule has 0 bridgehead atoms. The minimum atomic E-state index is -1.02. The van der Waals surface area contributed by atoms with Crippen molar-refractivity contribution in [2.45, 2.75) is 82.3 Å². The fourth-order valence-corrected chi connectivity index (χ4v) is 5.93. The molecule has 0 spiro atoms. The largest absolute Gasteiger partial charge is 0.480 e. The van der Waals surface area contributed by atoms with Crippen molar-refractivity contribution in [1.82, 2.24) is 14.9 Å². The number of hydrogen-bond donors (Lipinski definition) is 2. The van der Waals surface area contributed by atoms with Crippen molar-refractivity contribution in [3.63, 3.8) is 0 Å². The highest BCUT2D eigenvalue weighted by Gasteiger charge is 2.39. The van der Waals surface area contributed by atoms with E-state index in [0.717, 1.165) is 69.4 Å². The van der Waals surface area contributed by atoms with Gasteiger partial charge >= 0.3 is 5.97 Å². The van der Waals surface area contributed by atoms with Crippen LogP contribution in [0.25, 0.3) is 0 Å². The summed E-state index contributed by atoms with van der Waals surface area (Å²) in [7, 11) is 0. The number of halogens is 2. The van der Waals surface area contributed by atoms with E-state index >= 15 is 4.39 Å². The molecule has 2 aromatic heterocycles. The Morgan fingerprint density at radius 1 is 1.22 bits per heavy atom. The number of carboxylic acid groups (broad SMARTS) is 1. The van der Waals surface area contributed by atoms with Gasteiger partial charge in [0.25, 0.3) is 0 Å². The van der Waals surface area contributed by atoms with Crippen LogP contribution in [0.3, 0.4) is 0 Å². The van der Waals surface area contributed by atoms with Gasteiger partial charge in [0.15, 0.2) is 0 Å².